The number of rotatable bonds is 9. The van der Waals surface area contributed by atoms with Gasteiger partial charge in [-0.15, -0.1) is 0 Å². The summed E-state index contributed by atoms with van der Waals surface area (Å²) < 4.78 is 10.3. The average molecular weight is 323 g/mol. The van der Waals surface area contributed by atoms with Crippen molar-refractivity contribution in [1.82, 2.24) is 20.2 Å². The first-order valence-electron chi connectivity index (χ1n) is 7.94. The second-order valence-electron chi connectivity index (χ2n) is 5.25. The Hall–Kier alpha value is -1.77. The number of carbonyl (C=O) groups excluding carboxylic acids is 1. The van der Waals surface area contributed by atoms with E-state index < -0.39 is 0 Å². The summed E-state index contributed by atoms with van der Waals surface area (Å²) in [7, 11) is 1.64. The standard InChI is InChI=1S/C15H25N5O3/c1-22-10-2-4-16-14(21)13-3-5-17-15(19-13)18-6-7-20-8-11-23-12-9-20/h3,5H,2,4,6-12H2,1H3,(H,16,21)(H,17,18,19). The highest BCUT2D eigenvalue weighted by Crippen LogP contribution is 2.01. The Morgan fingerprint density at radius 1 is 1.39 bits per heavy atom. The molecule has 128 valence electrons. The quantitative estimate of drug-likeness (QED) is 0.618. The van der Waals surface area contributed by atoms with E-state index in [4.69, 9.17) is 9.47 Å². The van der Waals surface area contributed by atoms with Gasteiger partial charge in [0.25, 0.3) is 5.91 Å². The van der Waals surface area contributed by atoms with Crippen LogP contribution in [0.25, 0.3) is 0 Å². The van der Waals surface area contributed by atoms with Gasteiger partial charge in [-0.3, -0.25) is 9.69 Å². The van der Waals surface area contributed by atoms with Gasteiger partial charge in [0.05, 0.1) is 13.2 Å². The number of aromatic nitrogens is 2. The van der Waals surface area contributed by atoms with Gasteiger partial charge < -0.3 is 20.1 Å². The molecular weight excluding hydrogens is 298 g/mol. The number of ether oxygens (including phenoxy) is 2. The fourth-order valence-electron chi connectivity index (χ4n) is 2.23. The van der Waals surface area contributed by atoms with E-state index in [1.54, 1.807) is 19.4 Å². The normalized spacial score (nSPS) is 15.3. The fraction of sp³-hybridized carbons (Fsp3) is 0.667. The van der Waals surface area contributed by atoms with Gasteiger partial charge in [-0.05, 0) is 12.5 Å². The molecule has 2 heterocycles. The van der Waals surface area contributed by atoms with E-state index in [2.05, 4.69) is 25.5 Å². The first-order chi connectivity index (χ1) is 11.3. The highest BCUT2D eigenvalue weighted by molar-refractivity contribution is 5.92. The Bertz CT molecular complexity index is 480. The third kappa shape index (κ3) is 6.47. The van der Waals surface area contributed by atoms with E-state index in [-0.39, 0.29) is 5.91 Å². The van der Waals surface area contributed by atoms with Crippen molar-refractivity contribution in [1.29, 1.82) is 0 Å². The molecule has 2 rings (SSSR count). The monoisotopic (exact) mass is 323 g/mol. The van der Waals surface area contributed by atoms with Gasteiger partial charge in [0.1, 0.15) is 5.69 Å². The smallest absolute Gasteiger partial charge is 0.270 e. The molecule has 8 heteroatoms. The molecule has 0 unspecified atom stereocenters. The molecule has 23 heavy (non-hydrogen) atoms. The Morgan fingerprint density at radius 2 is 2.22 bits per heavy atom. The van der Waals surface area contributed by atoms with Crippen LogP contribution in [0.5, 0.6) is 0 Å². The van der Waals surface area contributed by atoms with Crippen molar-refractivity contribution >= 4 is 11.9 Å². The summed E-state index contributed by atoms with van der Waals surface area (Å²) in [5.74, 6) is 0.280. The van der Waals surface area contributed by atoms with Crippen LogP contribution in [0.3, 0.4) is 0 Å². The zero-order valence-electron chi connectivity index (χ0n) is 13.6. The number of hydrogen-bond acceptors (Lipinski definition) is 7. The van der Waals surface area contributed by atoms with Crippen LogP contribution in [0.1, 0.15) is 16.9 Å². The summed E-state index contributed by atoms with van der Waals surface area (Å²) in [6, 6.07) is 1.61. The van der Waals surface area contributed by atoms with Crippen LogP contribution in [-0.4, -0.2) is 80.4 Å². The van der Waals surface area contributed by atoms with Crippen LogP contribution in [0.2, 0.25) is 0 Å². The summed E-state index contributed by atoms with van der Waals surface area (Å²) in [6.07, 6.45) is 2.37. The molecule has 0 saturated carbocycles. The number of methoxy groups -OCH3 is 1. The Labute approximate surface area is 136 Å². The van der Waals surface area contributed by atoms with Crippen LogP contribution in [0.15, 0.2) is 12.3 Å². The topological polar surface area (TPSA) is 88.6 Å². The minimum absolute atomic E-state index is 0.195. The predicted octanol–water partition coefficient (Wildman–Crippen LogP) is -0.0130. The largest absolute Gasteiger partial charge is 0.385 e. The Kier molecular flexibility index (Phi) is 7.71. The first kappa shape index (κ1) is 17.6. The molecule has 1 aliphatic heterocycles. The van der Waals surface area contributed by atoms with Crippen molar-refractivity contribution in [2.45, 2.75) is 6.42 Å². The van der Waals surface area contributed by atoms with Gasteiger partial charge in [-0.1, -0.05) is 0 Å². The van der Waals surface area contributed by atoms with Gasteiger partial charge in [0.15, 0.2) is 0 Å². The third-order valence-electron chi connectivity index (χ3n) is 3.51. The van der Waals surface area contributed by atoms with Gasteiger partial charge in [-0.25, -0.2) is 9.97 Å². The number of carbonyl (C=O) groups is 1. The number of nitrogens with one attached hydrogen (secondary N) is 2. The second-order valence-corrected chi connectivity index (χ2v) is 5.25. The van der Waals surface area contributed by atoms with Gasteiger partial charge >= 0.3 is 0 Å². The predicted molar refractivity (Wildman–Crippen MR) is 86.6 cm³/mol. The molecule has 1 saturated heterocycles. The van der Waals surface area contributed by atoms with Crippen LogP contribution in [-0.2, 0) is 9.47 Å². The highest BCUT2D eigenvalue weighted by Gasteiger charge is 2.11. The lowest BCUT2D eigenvalue weighted by Gasteiger charge is -2.26. The minimum Gasteiger partial charge on any atom is -0.385 e. The molecule has 1 aromatic heterocycles. The van der Waals surface area contributed by atoms with E-state index >= 15 is 0 Å². The maximum absolute atomic E-state index is 12.0. The van der Waals surface area contributed by atoms with Gasteiger partial charge in [0, 0.05) is 52.6 Å². The summed E-state index contributed by atoms with van der Waals surface area (Å²) in [5, 5.41) is 5.97. The maximum atomic E-state index is 12.0. The van der Waals surface area contributed by atoms with Crippen LogP contribution in [0.4, 0.5) is 5.95 Å². The number of hydrogen-bond donors (Lipinski definition) is 2. The third-order valence-corrected chi connectivity index (χ3v) is 3.51. The number of amides is 1. The van der Waals surface area contributed by atoms with Crippen molar-refractivity contribution in [2.24, 2.45) is 0 Å². The number of anilines is 1. The maximum Gasteiger partial charge on any atom is 0.270 e. The molecular formula is C15H25N5O3. The average Bonchev–Trinajstić information content (AvgIpc) is 2.60. The van der Waals surface area contributed by atoms with Gasteiger partial charge in [-0.2, -0.15) is 0 Å². The minimum atomic E-state index is -0.195. The molecule has 1 aromatic rings. The SMILES string of the molecule is COCCCNC(=O)c1ccnc(NCCN2CCOCC2)n1. The molecule has 0 aliphatic carbocycles. The van der Waals surface area contributed by atoms with Crippen molar-refractivity contribution < 1.29 is 14.3 Å². The lowest BCUT2D eigenvalue weighted by atomic mass is 10.3. The van der Waals surface area contributed by atoms with E-state index in [9.17, 15) is 4.79 Å². The molecule has 0 radical (unpaired) electrons. The zero-order chi connectivity index (χ0) is 16.3. The Morgan fingerprint density at radius 3 is 3.00 bits per heavy atom. The van der Waals surface area contributed by atoms with Crippen LogP contribution >= 0.6 is 0 Å². The molecule has 0 aromatic carbocycles. The van der Waals surface area contributed by atoms with Crippen LogP contribution in [0, 0.1) is 0 Å². The molecule has 0 spiro atoms. The van der Waals surface area contributed by atoms with Crippen molar-refractivity contribution in [3.8, 4) is 0 Å². The fourth-order valence-corrected chi connectivity index (χ4v) is 2.23. The van der Waals surface area contributed by atoms with Gasteiger partial charge in [0.2, 0.25) is 5.95 Å². The van der Waals surface area contributed by atoms with Crippen molar-refractivity contribution in [3.05, 3.63) is 18.0 Å². The molecule has 2 N–H and O–H groups in total. The molecule has 1 fully saturated rings. The van der Waals surface area contributed by atoms with E-state index in [0.717, 1.165) is 45.8 Å². The lowest BCUT2D eigenvalue weighted by Crippen LogP contribution is -2.39. The van der Waals surface area contributed by atoms with E-state index in [0.29, 0.717) is 24.8 Å². The van der Waals surface area contributed by atoms with Crippen LogP contribution < -0.4 is 10.6 Å². The highest BCUT2D eigenvalue weighted by atomic mass is 16.5. The summed E-state index contributed by atoms with van der Waals surface area (Å²) in [4.78, 5) is 22.7. The number of morpholine rings is 1. The molecule has 1 amide bonds. The van der Waals surface area contributed by atoms with Crippen molar-refractivity contribution in [2.75, 3.05) is 65.0 Å². The number of nitrogens with zero attached hydrogens (tertiary/aromatic N) is 3. The lowest BCUT2D eigenvalue weighted by molar-refractivity contribution is 0.0398. The second kappa shape index (κ2) is 10.1. The summed E-state index contributed by atoms with van der Waals surface area (Å²) >= 11 is 0. The molecule has 0 atom stereocenters. The summed E-state index contributed by atoms with van der Waals surface area (Å²) in [6.45, 7) is 6.30. The molecule has 0 bridgehead atoms. The molecule has 8 nitrogen and oxygen atoms in total. The van der Waals surface area contributed by atoms with E-state index in [1.807, 2.05) is 0 Å². The van der Waals surface area contributed by atoms with E-state index in [1.165, 1.54) is 0 Å². The molecule has 1 aliphatic rings. The van der Waals surface area contributed by atoms with Crippen molar-refractivity contribution in [3.63, 3.8) is 0 Å². The first-order valence-corrected chi connectivity index (χ1v) is 7.94. The Balaban J connectivity index is 1.73. The summed E-state index contributed by atoms with van der Waals surface area (Å²) in [5.41, 5.74) is 0.367. The zero-order valence-corrected chi connectivity index (χ0v) is 13.6.